The molecule has 0 saturated carbocycles. The highest BCUT2D eigenvalue weighted by atomic mass is 32.2. The van der Waals surface area contributed by atoms with E-state index in [-0.39, 0.29) is 5.25 Å². The average molecular weight is 356 g/mol. The molecule has 8 heteroatoms. The summed E-state index contributed by atoms with van der Waals surface area (Å²) < 4.78 is 48.6. The molecule has 0 saturated heterocycles. The number of halogens is 3. The molecular formula is C16H15F3N2O2S. The van der Waals surface area contributed by atoms with Crippen LogP contribution < -0.4 is 9.47 Å². The van der Waals surface area contributed by atoms with E-state index in [1.807, 2.05) is 0 Å². The Balaban J connectivity index is 1.85. The fourth-order valence-electron chi connectivity index (χ4n) is 2.58. The molecule has 4 nitrogen and oxygen atoms in total. The summed E-state index contributed by atoms with van der Waals surface area (Å²) in [6.07, 6.45) is -2.10. The normalized spacial score (nSPS) is 17.3. The Hall–Kier alpha value is -1.96. The third kappa shape index (κ3) is 3.28. The first kappa shape index (κ1) is 16.9. The molecule has 128 valence electrons. The van der Waals surface area contributed by atoms with Crippen LogP contribution in [-0.2, 0) is 18.3 Å². The first-order chi connectivity index (χ1) is 11.4. The standard InChI is InChI=1S/C16H15F3N2O2S/c1-22-14-15(23-2)21-12(7-20-14)13-6-9-3-4-11(16(17,18)19)5-10(9)8-24-13/h3-5,7,13H,6,8H2,1-2H3. The van der Waals surface area contributed by atoms with Gasteiger partial charge in [-0.2, -0.15) is 13.2 Å². The fourth-order valence-corrected chi connectivity index (χ4v) is 3.81. The number of methoxy groups -OCH3 is 2. The molecule has 3 rings (SSSR count). The summed E-state index contributed by atoms with van der Waals surface area (Å²) in [6, 6.07) is 3.92. The average Bonchev–Trinajstić information content (AvgIpc) is 2.59. The van der Waals surface area contributed by atoms with Crippen molar-refractivity contribution in [1.82, 2.24) is 9.97 Å². The summed E-state index contributed by atoms with van der Waals surface area (Å²) in [5.74, 6) is 1.10. The molecular weight excluding hydrogens is 341 g/mol. The second-order valence-electron chi connectivity index (χ2n) is 5.30. The number of hydrogen-bond donors (Lipinski definition) is 0. The second-order valence-corrected chi connectivity index (χ2v) is 6.49. The maximum absolute atomic E-state index is 12.8. The molecule has 0 spiro atoms. The molecule has 0 fully saturated rings. The number of ether oxygens (including phenoxy) is 2. The number of nitrogens with zero attached hydrogens (tertiary/aromatic N) is 2. The zero-order valence-electron chi connectivity index (χ0n) is 13.1. The van der Waals surface area contributed by atoms with Gasteiger partial charge in [-0.25, -0.2) is 9.97 Å². The minimum Gasteiger partial charge on any atom is -0.477 e. The molecule has 0 bridgehead atoms. The third-order valence-electron chi connectivity index (χ3n) is 3.82. The number of thioether (sulfide) groups is 1. The lowest BCUT2D eigenvalue weighted by atomic mass is 9.99. The minimum atomic E-state index is -4.31. The number of alkyl halides is 3. The largest absolute Gasteiger partial charge is 0.477 e. The fraction of sp³-hybridized carbons (Fsp3) is 0.375. The van der Waals surface area contributed by atoms with Crippen LogP contribution in [0, 0.1) is 0 Å². The van der Waals surface area contributed by atoms with Crippen LogP contribution in [-0.4, -0.2) is 24.2 Å². The van der Waals surface area contributed by atoms with Crippen molar-refractivity contribution in [3.8, 4) is 11.8 Å². The summed E-state index contributed by atoms with van der Waals surface area (Å²) in [4.78, 5) is 8.58. The summed E-state index contributed by atoms with van der Waals surface area (Å²) in [7, 11) is 2.97. The van der Waals surface area contributed by atoms with Crippen molar-refractivity contribution in [3.05, 3.63) is 46.8 Å². The van der Waals surface area contributed by atoms with Gasteiger partial charge in [0.25, 0.3) is 11.8 Å². The number of fused-ring (bicyclic) bond motifs is 1. The van der Waals surface area contributed by atoms with E-state index in [0.717, 1.165) is 22.9 Å². The van der Waals surface area contributed by atoms with Crippen LogP contribution in [0.1, 0.15) is 27.6 Å². The smallest absolute Gasteiger partial charge is 0.416 e. The molecule has 24 heavy (non-hydrogen) atoms. The molecule has 1 aliphatic rings. The van der Waals surface area contributed by atoms with E-state index in [9.17, 15) is 13.2 Å². The van der Waals surface area contributed by atoms with E-state index in [2.05, 4.69) is 9.97 Å². The van der Waals surface area contributed by atoms with Crippen molar-refractivity contribution >= 4 is 11.8 Å². The van der Waals surface area contributed by atoms with E-state index >= 15 is 0 Å². The maximum atomic E-state index is 12.8. The van der Waals surface area contributed by atoms with Crippen molar-refractivity contribution in [3.63, 3.8) is 0 Å². The quantitative estimate of drug-likeness (QED) is 0.830. The van der Waals surface area contributed by atoms with Gasteiger partial charge in [-0.3, -0.25) is 0 Å². The third-order valence-corrected chi connectivity index (χ3v) is 5.11. The van der Waals surface area contributed by atoms with Crippen LogP contribution in [0.4, 0.5) is 13.2 Å². The van der Waals surface area contributed by atoms with Gasteiger partial charge >= 0.3 is 6.18 Å². The van der Waals surface area contributed by atoms with E-state index in [1.165, 1.54) is 20.3 Å². The lowest BCUT2D eigenvalue weighted by molar-refractivity contribution is -0.137. The lowest BCUT2D eigenvalue weighted by Gasteiger charge is -2.25. The van der Waals surface area contributed by atoms with Gasteiger partial charge in [-0.1, -0.05) is 6.07 Å². The molecule has 1 aromatic heterocycles. The second kappa shape index (κ2) is 6.51. The van der Waals surface area contributed by atoms with Crippen LogP contribution in [0.15, 0.2) is 24.4 Å². The highest BCUT2D eigenvalue weighted by Crippen LogP contribution is 2.42. The maximum Gasteiger partial charge on any atom is 0.416 e. The van der Waals surface area contributed by atoms with Crippen LogP contribution in [0.3, 0.4) is 0 Å². The van der Waals surface area contributed by atoms with Crippen molar-refractivity contribution in [1.29, 1.82) is 0 Å². The monoisotopic (exact) mass is 356 g/mol. The summed E-state index contributed by atoms with van der Waals surface area (Å²) in [6.45, 7) is 0. The Kier molecular flexibility index (Phi) is 4.58. The van der Waals surface area contributed by atoms with Gasteiger partial charge in [0.05, 0.1) is 36.9 Å². The van der Waals surface area contributed by atoms with Crippen molar-refractivity contribution in [2.75, 3.05) is 14.2 Å². The first-order valence-electron chi connectivity index (χ1n) is 7.18. The summed E-state index contributed by atoms with van der Waals surface area (Å²) >= 11 is 1.54. The van der Waals surface area contributed by atoms with Gasteiger partial charge in [0.15, 0.2) is 0 Å². The number of aromatic nitrogens is 2. The number of rotatable bonds is 3. The highest BCUT2D eigenvalue weighted by Gasteiger charge is 2.32. The van der Waals surface area contributed by atoms with Gasteiger partial charge in [0.1, 0.15) is 0 Å². The number of hydrogen-bond acceptors (Lipinski definition) is 5. The van der Waals surface area contributed by atoms with Crippen molar-refractivity contribution in [2.45, 2.75) is 23.6 Å². The minimum absolute atomic E-state index is 0.0153. The summed E-state index contributed by atoms with van der Waals surface area (Å²) in [5, 5.41) is 0.0153. The Bertz CT molecular complexity index is 753. The predicted octanol–water partition coefficient (Wildman–Crippen LogP) is 4.04. The van der Waals surface area contributed by atoms with Crippen LogP contribution in [0.2, 0.25) is 0 Å². The molecule has 0 N–H and O–H groups in total. The molecule has 0 radical (unpaired) electrons. The molecule has 1 aliphatic heterocycles. The van der Waals surface area contributed by atoms with Crippen LogP contribution in [0.5, 0.6) is 11.8 Å². The SMILES string of the molecule is COc1ncc(C2Cc3ccc(C(F)(F)F)cc3CS2)nc1OC. The van der Waals surface area contributed by atoms with Gasteiger partial charge in [0, 0.05) is 5.75 Å². The first-order valence-corrected chi connectivity index (χ1v) is 8.22. The molecule has 0 amide bonds. The Morgan fingerprint density at radius 3 is 2.54 bits per heavy atom. The van der Waals surface area contributed by atoms with E-state index in [0.29, 0.717) is 23.9 Å². The van der Waals surface area contributed by atoms with E-state index < -0.39 is 11.7 Å². The molecule has 1 atom stereocenters. The zero-order chi connectivity index (χ0) is 17.3. The number of benzene rings is 1. The molecule has 2 aromatic rings. The Morgan fingerprint density at radius 2 is 1.88 bits per heavy atom. The van der Waals surface area contributed by atoms with Crippen LogP contribution in [0.25, 0.3) is 0 Å². The summed E-state index contributed by atoms with van der Waals surface area (Å²) in [5.41, 5.74) is 1.75. The Morgan fingerprint density at radius 1 is 1.12 bits per heavy atom. The van der Waals surface area contributed by atoms with Gasteiger partial charge in [-0.05, 0) is 29.7 Å². The molecule has 1 aromatic carbocycles. The van der Waals surface area contributed by atoms with Gasteiger partial charge in [0.2, 0.25) is 0 Å². The predicted molar refractivity (Wildman–Crippen MR) is 84.3 cm³/mol. The van der Waals surface area contributed by atoms with Gasteiger partial charge < -0.3 is 9.47 Å². The lowest BCUT2D eigenvalue weighted by Crippen LogP contribution is -2.13. The Labute approximate surface area is 141 Å². The molecule has 2 heterocycles. The van der Waals surface area contributed by atoms with E-state index in [1.54, 1.807) is 24.0 Å². The van der Waals surface area contributed by atoms with Crippen molar-refractivity contribution < 1.29 is 22.6 Å². The van der Waals surface area contributed by atoms with Gasteiger partial charge in [-0.15, -0.1) is 11.8 Å². The van der Waals surface area contributed by atoms with Crippen LogP contribution >= 0.6 is 11.8 Å². The zero-order valence-corrected chi connectivity index (χ0v) is 13.9. The van der Waals surface area contributed by atoms with E-state index in [4.69, 9.17) is 9.47 Å². The van der Waals surface area contributed by atoms with Crippen molar-refractivity contribution in [2.24, 2.45) is 0 Å². The highest BCUT2D eigenvalue weighted by molar-refractivity contribution is 7.98. The molecule has 1 unspecified atom stereocenters. The molecule has 0 aliphatic carbocycles. The topological polar surface area (TPSA) is 44.2 Å².